The molecule has 2 aromatic carbocycles. The van der Waals surface area contributed by atoms with E-state index in [2.05, 4.69) is 59.7 Å². The van der Waals surface area contributed by atoms with E-state index < -0.39 is 0 Å². The van der Waals surface area contributed by atoms with Crippen molar-refractivity contribution in [3.8, 4) is 0 Å². The molecule has 0 bridgehead atoms. The molecule has 0 aliphatic carbocycles. The van der Waals surface area contributed by atoms with E-state index in [1.807, 2.05) is 0 Å². The molecule has 2 N–H and O–H groups in total. The lowest BCUT2D eigenvalue weighted by Crippen LogP contribution is -2.41. The van der Waals surface area contributed by atoms with Crippen molar-refractivity contribution in [1.82, 2.24) is 5.32 Å². The first kappa shape index (κ1) is 15.3. The Kier molecular flexibility index (Phi) is 3.53. The quantitative estimate of drug-likeness (QED) is 0.866. The number of anilines is 3. The zero-order valence-electron chi connectivity index (χ0n) is 15.2. The second-order valence-electron chi connectivity index (χ2n) is 8.09. The summed E-state index contributed by atoms with van der Waals surface area (Å²) < 4.78 is 0. The molecule has 3 heteroatoms. The third-order valence-electron chi connectivity index (χ3n) is 6.27. The summed E-state index contributed by atoms with van der Waals surface area (Å²) in [4.78, 5) is 2.66. The molecule has 0 aromatic heterocycles. The molecule has 0 saturated carbocycles. The molecule has 3 heterocycles. The fraction of sp³-hybridized carbons (Fsp3) is 0.455. The van der Waals surface area contributed by atoms with Crippen LogP contribution in [-0.4, -0.2) is 26.2 Å². The lowest BCUT2D eigenvalue weighted by molar-refractivity contribution is 0.470. The Bertz CT molecular complexity index is 826. The van der Waals surface area contributed by atoms with Gasteiger partial charge in [-0.3, -0.25) is 0 Å². The van der Waals surface area contributed by atoms with Gasteiger partial charge in [-0.2, -0.15) is 0 Å². The van der Waals surface area contributed by atoms with Gasteiger partial charge in [-0.05, 0) is 73.1 Å². The molecule has 1 fully saturated rings. The third kappa shape index (κ3) is 2.53. The predicted molar refractivity (Wildman–Crippen MR) is 105 cm³/mol. The van der Waals surface area contributed by atoms with E-state index in [0.717, 1.165) is 12.5 Å². The second-order valence-corrected chi connectivity index (χ2v) is 8.09. The predicted octanol–water partition coefficient (Wildman–Crippen LogP) is 4.12. The highest BCUT2D eigenvalue weighted by molar-refractivity contribution is 5.73. The van der Waals surface area contributed by atoms with E-state index in [0.29, 0.717) is 5.92 Å². The number of hydrogen-bond acceptors (Lipinski definition) is 3. The third-order valence-corrected chi connectivity index (χ3v) is 6.27. The summed E-state index contributed by atoms with van der Waals surface area (Å²) in [6, 6.07) is 11.5. The van der Waals surface area contributed by atoms with Gasteiger partial charge in [0.1, 0.15) is 0 Å². The molecular weight excluding hydrogens is 306 g/mol. The van der Waals surface area contributed by atoms with Crippen molar-refractivity contribution in [2.24, 2.45) is 5.92 Å². The summed E-state index contributed by atoms with van der Waals surface area (Å²) in [7, 11) is 0. The van der Waals surface area contributed by atoms with Crippen LogP contribution in [0.1, 0.15) is 34.6 Å². The molecule has 3 nitrogen and oxygen atoms in total. The Morgan fingerprint density at radius 2 is 2.04 bits per heavy atom. The minimum atomic E-state index is 0.684. The Labute approximate surface area is 150 Å². The number of aryl methyl sites for hydroxylation is 3. The zero-order valence-corrected chi connectivity index (χ0v) is 15.2. The van der Waals surface area contributed by atoms with Crippen LogP contribution in [0.5, 0.6) is 0 Å². The van der Waals surface area contributed by atoms with Crippen LogP contribution < -0.4 is 15.5 Å². The molecule has 0 unspecified atom stereocenters. The van der Waals surface area contributed by atoms with Gasteiger partial charge in [0.15, 0.2) is 0 Å². The van der Waals surface area contributed by atoms with Crippen LogP contribution in [0.25, 0.3) is 0 Å². The Hall–Kier alpha value is -2.00. The number of nitrogens with zero attached hydrogens (tertiary/aromatic N) is 1. The maximum Gasteiger partial charge on any atom is 0.0436 e. The van der Waals surface area contributed by atoms with E-state index in [1.54, 1.807) is 16.8 Å². The maximum atomic E-state index is 3.72. The standard InChI is InChI=1S/C22H27N3/c1-14-5-6-15(2)21(8-14)24-18-9-16-4-3-7-25-13-17-11-23-12-20(17)19(10-18)22(16)25/h5-6,8-10,17,20,23-24H,3-4,7,11-13H2,1-2H3/t17-,20-/m1/s1. The molecule has 3 aliphatic heterocycles. The van der Waals surface area contributed by atoms with Gasteiger partial charge in [0.2, 0.25) is 0 Å². The number of hydrogen-bond donors (Lipinski definition) is 2. The van der Waals surface area contributed by atoms with E-state index in [9.17, 15) is 0 Å². The van der Waals surface area contributed by atoms with Crippen LogP contribution in [0, 0.1) is 19.8 Å². The minimum Gasteiger partial charge on any atom is -0.371 e. The van der Waals surface area contributed by atoms with E-state index >= 15 is 0 Å². The fourth-order valence-corrected chi connectivity index (χ4v) is 5.00. The second kappa shape index (κ2) is 5.77. The van der Waals surface area contributed by atoms with Crippen LogP contribution in [0.2, 0.25) is 0 Å². The average molecular weight is 333 g/mol. The SMILES string of the molecule is Cc1ccc(C)c(Nc2cc3c4c(c2)[C@@H]2CNC[C@@H]2CN4CCC3)c1. The molecule has 0 spiro atoms. The van der Waals surface area contributed by atoms with Crippen LogP contribution in [0.3, 0.4) is 0 Å². The number of rotatable bonds is 2. The normalized spacial score (nSPS) is 24.0. The molecule has 1 saturated heterocycles. The molecule has 3 aliphatic rings. The van der Waals surface area contributed by atoms with Gasteiger partial charge in [-0.15, -0.1) is 0 Å². The fourth-order valence-electron chi connectivity index (χ4n) is 5.00. The minimum absolute atomic E-state index is 0.684. The van der Waals surface area contributed by atoms with Gasteiger partial charge < -0.3 is 15.5 Å². The lowest BCUT2D eigenvalue weighted by atomic mass is 9.80. The van der Waals surface area contributed by atoms with E-state index in [-0.39, 0.29) is 0 Å². The van der Waals surface area contributed by atoms with Crippen molar-refractivity contribution < 1.29 is 0 Å². The highest BCUT2D eigenvalue weighted by Crippen LogP contribution is 2.46. The first-order valence-corrected chi connectivity index (χ1v) is 9.66. The largest absolute Gasteiger partial charge is 0.371 e. The Morgan fingerprint density at radius 3 is 2.96 bits per heavy atom. The van der Waals surface area contributed by atoms with Gasteiger partial charge >= 0.3 is 0 Å². The Balaban J connectivity index is 1.58. The number of benzene rings is 2. The van der Waals surface area contributed by atoms with Crippen molar-refractivity contribution in [3.05, 3.63) is 52.6 Å². The Morgan fingerprint density at radius 1 is 1.12 bits per heavy atom. The summed E-state index contributed by atoms with van der Waals surface area (Å²) in [5.41, 5.74) is 9.78. The van der Waals surface area contributed by atoms with Crippen molar-refractivity contribution in [2.75, 3.05) is 36.4 Å². The van der Waals surface area contributed by atoms with Gasteiger partial charge in [0.25, 0.3) is 0 Å². The molecule has 25 heavy (non-hydrogen) atoms. The van der Waals surface area contributed by atoms with Crippen molar-refractivity contribution in [3.63, 3.8) is 0 Å². The van der Waals surface area contributed by atoms with Crippen LogP contribution in [-0.2, 0) is 6.42 Å². The van der Waals surface area contributed by atoms with Gasteiger partial charge in [0, 0.05) is 49.2 Å². The highest BCUT2D eigenvalue weighted by atomic mass is 15.2. The molecule has 2 atom stereocenters. The van der Waals surface area contributed by atoms with Gasteiger partial charge in [-0.1, -0.05) is 12.1 Å². The lowest BCUT2D eigenvalue weighted by Gasteiger charge is -2.42. The molecule has 0 amide bonds. The monoisotopic (exact) mass is 333 g/mol. The first-order valence-electron chi connectivity index (χ1n) is 9.66. The summed E-state index contributed by atoms with van der Waals surface area (Å²) in [5, 5.41) is 7.35. The molecule has 0 radical (unpaired) electrons. The van der Waals surface area contributed by atoms with Crippen LogP contribution in [0.15, 0.2) is 30.3 Å². The molecule has 2 aromatic rings. The van der Waals surface area contributed by atoms with Crippen molar-refractivity contribution in [1.29, 1.82) is 0 Å². The number of fused-ring (bicyclic) bond motifs is 2. The van der Waals surface area contributed by atoms with E-state index in [4.69, 9.17) is 0 Å². The smallest absolute Gasteiger partial charge is 0.0436 e. The van der Waals surface area contributed by atoms with Gasteiger partial charge in [-0.25, -0.2) is 0 Å². The van der Waals surface area contributed by atoms with Crippen LogP contribution in [0.4, 0.5) is 17.1 Å². The summed E-state index contributed by atoms with van der Waals surface area (Å²) in [5.74, 6) is 1.46. The zero-order chi connectivity index (χ0) is 17.0. The van der Waals surface area contributed by atoms with Crippen LogP contribution >= 0.6 is 0 Å². The highest BCUT2D eigenvalue weighted by Gasteiger charge is 2.38. The molecular formula is C22H27N3. The number of nitrogens with one attached hydrogen (secondary N) is 2. The van der Waals surface area contributed by atoms with E-state index in [1.165, 1.54) is 55.0 Å². The summed E-state index contributed by atoms with van der Waals surface area (Å²) in [6.45, 7) is 9.12. The molecule has 130 valence electrons. The van der Waals surface area contributed by atoms with Crippen molar-refractivity contribution >= 4 is 17.1 Å². The topological polar surface area (TPSA) is 27.3 Å². The maximum absolute atomic E-state index is 3.72. The van der Waals surface area contributed by atoms with Crippen molar-refractivity contribution in [2.45, 2.75) is 32.6 Å². The first-order chi connectivity index (χ1) is 12.2. The molecule has 5 rings (SSSR count). The summed E-state index contributed by atoms with van der Waals surface area (Å²) >= 11 is 0. The van der Waals surface area contributed by atoms with Gasteiger partial charge in [0.05, 0.1) is 0 Å². The summed E-state index contributed by atoms with van der Waals surface area (Å²) in [6.07, 6.45) is 2.50. The average Bonchev–Trinajstić information content (AvgIpc) is 3.07.